The summed E-state index contributed by atoms with van der Waals surface area (Å²) in [6, 6.07) is 13.6. The van der Waals surface area contributed by atoms with Gasteiger partial charge in [0.1, 0.15) is 6.04 Å². The Balaban J connectivity index is 1.53. The van der Waals surface area contributed by atoms with E-state index < -0.39 is 0 Å². The van der Waals surface area contributed by atoms with Crippen molar-refractivity contribution in [2.45, 2.75) is 6.04 Å². The molecule has 2 amide bonds. The molecule has 0 aliphatic carbocycles. The molecule has 8 heteroatoms. The Labute approximate surface area is 163 Å². The molecule has 0 spiro atoms. The summed E-state index contributed by atoms with van der Waals surface area (Å²) in [7, 11) is 1.54. The Morgan fingerprint density at radius 2 is 1.86 bits per heavy atom. The SMILES string of the molecule is COc1ccccc1OCC(=O)Nc1cccc(NC(=O)C2COCCN2)c1. The molecule has 3 rings (SSSR count). The van der Waals surface area contributed by atoms with E-state index in [9.17, 15) is 9.59 Å². The number of hydrogen-bond donors (Lipinski definition) is 3. The molecule has 1 unspecified atom stereocenters. The zero-order valence-corrected chi connectivity index (χ0v) is 15.6. The first-order valence-corrected chi connectivity index (χ1v) is 8.93. The molecule has 3 N–H and O–H groups in total. The Morgan fingerprint density at radius 3 is 2.57 bits per heavy atom. The van der Waals surface area contributed by atoms with Crippen LogP contribution < -0.4 is 25.4 Å². The lowest BCUT2D eigenvalue weighted by Gasteiger charge is -2.23. The molecule has 0 saturated carbocycles. The maximum Gasteiger partial charge on any atom is 0.262 e. The molecular weight excluding hydrogens is 362 g/mol. The number of nitrogens with one attached hydrogen (secondary N) is 3. The first-order valence-electron chi connectivity index (χ1n) is 8.93. The summed E-state index contributed by atoms with van der Waals surface area (Å²) < 4.78 is 16.0. The molecule has 0 radical (unpaired) electrons. The highest BCUT2D eigenvalue weighted by molar-refractivity contribution is 5.96. The average Bonchev–Trinajstić information content (AvgIpc) is 2.73. The molecular formula is C20H23N3O5. The van der Waals surface area contributed by atoms with Crippen molar-refractivity contribution in [3.63, 3.8) is 0 Å². The van der Waals surface area contributed by atoms with Gasteiger partial charge in [-0.15, -0.1) is 0 Å². The topological polar surface area (TPSA) is 97.9 Å². The largest absolute Gasteiger partial charge is 0.493 e. The number of carbonyl (C=O) groups is 2. The van der Waals surface area contributed by atoms with Crippen LogP contribution in [0.5, 0.6) is 11.5 Å². The molecule has 0 aromatic heterocycles. The van der Waals surface area contributed by atoms with Crippen molar-refractivity contribution in [3.8, 4) is 11.5 Å². The van der Waals surface area contributed by atoms with Crippen molar-refractivity contribution in [2.24, 2.45) is 0 Å². The van der Waals surface area contributed by atoms with Gasteiger partial charge in [0.2, 0.25) is 5.91 Å². The molecule has 1 saturated heterocycles. The third kappa shape index (κ3) is 5.45. The minimum atomic E-state index is -0.388. The Bertz CT molecular complexity index is 821. The lowest BCUT2D eigenvalue weighted by molar-refractivity contribution is -0.121. The molecule has 28 heavy (non-hydrogen) atoms. The second kappa shape index (κ2) is 9.72. The van der Waals surface area contributed by atoms with Gasteiger partial charge in [0.15, 0.2) is 18.1 Å². The van der Waals surface area contributed by atoms with Gasteiger partial charge < -0.3 is 30.2 Å². The Morgan fingerprint density at radius 1 is 1.11 bits per heavy atom. The van der Waals surface area contributed by atoms with Crippen LogP contribution in [0.3, 0.4) is 0 Å². The lowest BCUT2D eigenvalue weighted by atomic mass is 10.2. The highest BCUT2D eigenvalue weighted by Gasteiger charge is 2.21. The number of para-hydroxylation sites is 2. The number of benzene rings is 2. The van der Waals surface area contributed by atoms with Gasteiger partial charge in [-0.3, -0.25) is 9.59 Å². The van der Waals surface area contributed by atoms with Crippen LogP contribution in [-0.2, 0) is 14.3 Å². The average molecular weight is 385 g/mol. The second-order valence-electron chi connectivity index (χ2n) is 6.14. The van der Waals surface area contributed by atoms with Crippen LogP contribution in [0, 0.1) is 0 Å². The lowest BCUT2D eigenvalue weighted by Crippen LogP contribution is -2.48. The van der Waals surface area contributed by atoms with E-state index in [1.165, 1.54) is 7.11 Å². The number of methoxy groups -OCH3 is 1. The van der Waals surface area contributed by atoms with Crippen molar-refractivity contribution in [1.29, 1.82) is 0 Å². The summed E-state index contributed by atoms with van der Waals surface area (Å²) in [4.78, 5) is 24.4. The molecule has 1 aliphatic heterocycles. The molecule has 2 aromatic rings. The quantitative estimate of drug-likeness (QED) is 0.670. The predicted octanol–water partition coefficient (Wildman–Crippen LogP) is 1.64. The first kappa shape index (κ1) is 19.7. The van der Waals surface area contributed by atoms with Gasteiger partial charge in [-0.25, -0.2) is 0 Å². The molecule has 2 aromatic carbocycles. The van der Waals surface area contributed by atoms with Gasteiger partial charge in [0.25, 0.3) is 5.91 Å². The van der Waals surface area contributed by atoms with Gasteiger partial charge in [-0.05, 0) is 30.3 Å². The van der Waals surface area contributed by atoms with Gasteiger partial charge in [-0.2, -0.15) is 0 Å². The fourth-order valence-electron chi connectivity index (χ4n) is 2.72. The predicted molar refractivity (Wildman–Crippen MR) is 105 cm³/mol. The zero-order valence-electron chi connectivity index (χ0n) is 15.6. The monoisotopic (exact) mass is 385 g/mol. The molecule has 1 fully saturated rings. The van der Waals surface area contributed by atoms with Gasteiger partial charge >= 0.3 is 0 Å². The van der Waals surface area contributed by atoms with E-state index in [4.69, 9.17) is 14.2 Å². The van der Waals surface area contributed by atoms with Crippen LogP contribution in [0.25, 0.3) is 0 Å². The highest BCUT2D eigenvalue weighted by atomic mass is 16.5. The zero-order chi connectivity index (χ0) is 19.8. The molecule has 0 bridgehead atoms. The second-order valence-corrected chi connectivity index (χ2v) is 6.14. The number of hydrogen-bond acceptors (Lipinski definition) is 6. The van der Waals surface area contributed by atoms with Gasteiger partial charge in [0, 0.05) is 17.9 Å². The molecule has 1 atom stereocenters. The van der Waals surface area contributed by atoms with E-state index in [0.29, 0.717) is 42.6 Å². The van der Waals surface area contributed by atoms with E-state index in [0.717, 1.165) is 0 Å². The van der Waals surface area contributed by atoms with Gasteiger partial charge in [0.05, 0.1) is 20.3 Å². The summed E-state index contributed by atoms with van der Waals surface area (Å²) in [5.41, 5.74) is 1.14. The number of morpholine rings is 1. The van der Waals surface area contributed by atoms with Crippen molar-refractivity contribution in [2.75, 3.05) is 44.1 Å². The number of amides is 2. The van der Waals surface area contributed by atoms with E-state index in [-0.39, 0.29) is 24.5 Å². The van der Waals surface area contributed by atoms with Crippen molar-refractivity contribution >= 4 is 23.2 Å². The standard InChI is InChI=1S/C20H23N3O5/c1-26-17-7-2-3-8-18(17)28-13-19(24)22-14-5-4-6-15(11-14)23-20(25)16-12-27-10-9-21-16/h2-8,11,16,21H,9-10,12-13H2,1H3,(H,22,24)(H,23,25). The van der Waals surface area contributed by atoms with Crippen LogP contribution >= 0.6 is 0 Å². The Kier molecular flexibility index (Phi) is 6.83. The number of carbonyl (C=O) groups excluding carboxylic acids is 2. The summed E-state index contributed by atoms with van der Waals surface area (Å²) in [6.45, 7) is 1.41. The van der Waals surface area contributed by atoms with Gasteiger partial charge in [-0.1, -0.05) is 18.2 Å². The minimum Gasteiger partial charge on any atom is -0.493 e. The third-order valence-corrected chi connectivity index (χ3v) is 4.08. The fraction of sp³-hybridized carbons (Fsp3) is 0.300. The van der Waals surface area contributed by atoms with Crippen LogP contribution in [0.2, 0.25) is 0 Å². The van der Waals surface area contributed by atoms with Crippen molar-refractivity contribution in [1.82, 2.24) is 5.32 Å². The van der Waals surface area contributed by atoms with Crippen LogP contribution in [-0.4, -0.2) is 51.3 Å². The normalized spacial score (nSPS) is 16.1. The van der Waals surface area contributed by atoms with E-state index >= 15 is 0 Å². The number of rotatable bonds is 7. The summed E-state index contributed by atoms with van der Waals surface area (Å²) in [5, 5.41) is 8.66. The van der Waals surface area contributed by atoms with E-state index in [1.807, 2.05) is 6.07 Å². The van der Waals surface area contributed by atoms with E-state index in [1.54, 1.807) is 42.5 Å². The highest BCUT2D eigenvalue weighted by Crippen LogP contribution is 2.25. The molecule has 148 valence electrons. The smallest absolute Gasteiger partial charge is 0.262 e. The maximum absolute atomic E-state index is 12.2. The van der Waals surface area contributed by atoms with Crippen molar-refractivity contribution < 1.29 is 23.8 Å². The molecule has 8 nitrogen and oxygen atoms in total. The Hall–Kier alpha value is -3.10. The third-order valence-electron chi connectivity index (χ3n) is 4.08. The number of ether oxygens (including phenoxy) is 3. The van der Waals surface area contributed by atoms with Crippen LogP contribution in [0.15, 0.2) is 48.5 Å². The minimum absolute atomic E-state index is 0.166. The molecule has 1 aliphatic rings. The number of anilines is 2. The summed E-state index contributed by atoms with van der Waals surface area (Å²) in [6.07, 6.45) is 0. The van der Waals surface area contributed by atoms with Crippen molar-refractivity contribution in [3.05, 3.63) is 48.5 Å². The molecule has 1 heterocycles. The summed E-state index contributed by atoms with van der Waals surface area (Å²) in [5.74, 6) is 0.545. The van der Waals surface area contributed by atoms with E-state index in [2.05, 4.69) is 16.0 Å². The maximum atomic E-state index is 12.2. The van der Waals surface area contributed by atoms with Crippen LogP contribution in [0.4, 0.5) is 11.4 Å². The summed E-state index contributed by atoms with van der Waals surface area (Å²) >= 11 is 0. The fourth-order valence-corrected chi connectivity index (χ4v) is 2.72. The van der Waals surface area contributed by atoms with Crippen LogP contribution in [0.1, 0.15) is 0 Å². The first-order chi connectivity index (χ1) is 13.7.